The maximum Gasteiger partial charge on any atom is 0.367 e. The Hall–Kier alpha value is -1.63. The van der Waals surface area contributed by atoms with Crippen LogP contribution in [0.15, 0.2) is 30.3 Å². The molecular weight excluding hydrogens is 298 g/mol. The number of rotatable bonds is 5. The quantitative estimate of drug-likeness (QED) is 0.810. The van der Waals surface area contributed by atoms with Crippen molar-refractivity contribution < 1.29 is 29.5 Å². The van der Waals surface area contributed by atoms with Crippen LogP contribution in [0.5, 0.6) is 5.75 Å². The number of carbonyl (C=O) groups excluding carboxylic acids is 1. The second-order valence-electron chi connectivity index (χ2n) is 5.68. The Bertz CT molecular complexity index is 481. The summed E-state index contributed by atoms with van der Waals surface area (Å²) in [5.41, 5.74) is 3.77. The number of benzene rings is 1. The molecule has 1 heterocycles. The van der Waals surface area contributed by atoms with Crippen molar-refractivity contribution in [3.05, 3.63) is 30.3 Å². The van der Waals surface area contributed by atoms with E-state index in [-0.39, 0.29) is 18.7 Å². The lowest BCUT2D eigenvalue weighted by molar-refractivity contribution is -0.415. The standard InChI is InChI=1S/C17H25NO5/c1-3-9-21-16-12(2)22-17(19)14(18)10-20-11-15(16)23-13-7-5-4-6-8-13/h4-8,12,14-16H,3,9-11,18H2,1-2H3/p+1/t12-,14-,15-,16-/m0/s1. The molecule has 1 saturated heterocycles. The molecule has 23 heavy (non-hydrogen) atoms. The van der Waals surface area contributed by atoms with Crippen LogP contribution < -0.4 is 10.5 Å². The van der Waals surface area contributed by atoms with E-state index >= 15 is 0 Å². The number of quaternary nitrogens is 1. The zero-order chi connectivity index (χ0) is 16.7. The number of ether oxygens (including phenoxy) is 4. The van der Waals surface area contributed by atoms with E-state index in [1.165, 1.54) is 0 Å². The Kier molecular flexibility index (Phi) is 6.83. The Balaban J connectivity index is 2.16. The third kappa shape index (κ3) is 5.20. The molecule has 6 heteroatoms. The monoisotopic (exact) mass is 324 g/mol. The van der Waals surface area contributed by atoms with Crippen LogP contribution in [0.4, 0.5) is 0 Å². The first-order chi connectivity index (χ1) is 11.1. The first-order valence-electron chi connectivity index (χ1n) is 8.06. The Morgan fingerprint density at radius 1 is 1.26 bits per heavy atom. The van der Waals surface area contributed by atoms with Crippen molar-refractivity contribution in [2.24, 2.45) is 0 Å². The van der Waals surface area contributed by atoms with Gasteiger partial charge >= 0.3 is 5.97 Å². The third-order valence-electron chi connectivity index (χ3n) is 3.61. The topological polar surface area (TPSA) is 81.6 Å². The normalized spacial score (nSPS) is 29.1. The fourth-order valence-electron chi connectivity index (χ4n) is 2.41. The summed E-state index contributed by atoms with van der Waals surface area (Å²) >= 11 is 0. The van der Waals surface area contributed by atoms with Gasteiger partial charge < -0.3 is 24.7 Å². The summed E-state index contributed by atoms with van der Waals surface area (Å²) in [4.78, 5) is 12.0. The molecule has 1 aromatic carbocycles. The van der Waals surface area contributed by atoms with Crippen LogP contribution in [0.3, 0.4) is 0 Å². The van der Waals surface area contributed by atoms with E-state index in [0.29, 0.717) is 13.2 Å². The van der Waals surface area contributed by atoms with Gasteiger partial charge in [0.1, 0.15) is 24.6 Å². The lowest BCUT2D eigenvalue weighted by Crippen LogP contribution is -2.67. The molecule has 0 aromatic heterocycles. The second kappa shape index (κ2) is 8.86. The van der Waals surface area contributed by atoms with E-state index in [1.54, 1.807) is 0 Å². The molecule has 0 saturated carbocycles. The van der Waals surface area contributed by atoms with E-state index in [1.807, 2.05) is 44.2 Å². The molecule has 0 amide bonds. The van der Waals surface area contributed by atoms with Crippen LogP contribution in [0, 0.1) is 0 Å². The van der Waals surface area contributed by atoms with Gasteiger partial charge in [-0.2, -0.15) is 0 Å². The molecule has 3 N–H and O–H groups in total. The summed E-state index contributed by atoms with van der Waals surface area (Å²) in [5.74, 6) is 0.359. The first-order valence-corrected chi connectivity index (χ1v) is 8.06. The minimum atomic E-state index is -0.542. The Morgan fingerprint density at radius 2 is 2.00 bits per heavy atom. The summed E-state index contributed by atoms with van der Waals surface area (Å²) < 4.78 is 23.0. The molecule has 1 aromatic rings. The fraction of sp³-hybridized carbons (Fsp3) is 0.588. The molecule has 0 aliphatic carbocycles. The lowest BCUT2D eigenvalue weighted by atomic mass is 10.1. The summed E-state index contributed by atoms with van der Waals surface area (Å²) in [6, 6.07) is 8.95. The predicted molar refractivity (Wildman–Crippen MR) is 83.9 cm³/mol. The first kappa shape index (κ1) is 17.7. The van der Waals surface area contributed by atoms with E-state index in [0.717, 1.165) is 12.2 Å². The van der Waals surface area contributed by atoms with Crippen LogP contribution in [-0.2, 0) is 19.0 Å². The molecule has 0 radical (unpaired) electrons. The van der Waals surface area contributed by atoms with Gasteiger partial charge in [-0.3, -0.25) is 0 Å². The molecule has 1 aliphatic rings. The largest absolute Gasteiger partial charge is 0.485 e. The van der Waals surface area contributed by atoms with Gasteiger partial charge in [-0.1, -0.05) is 25.1 Å². The third-order valence-corrected chi connectivity index (χ3v) is 3.61. The van der Waals surface area contributed by atoms with Gasteiger partial charge in [0.2, 0.25) is 6.04 Å². The van der Waals surface area contributed by atoms with Gasteiger partial charge in [0.05, 0.1) is 6.61 Å². The Labute approximate surface area is 136 Å². The van der Waals surface area contributed by atoms with Crippen molar-refractivity contribution in [3.8, 4) is 5.75 Å². The average Bonchev–Trinajstić information content (AvgIpc) is 2.59. The number of cyclic esters (lactones) is 1. The number of esters is 1. The molecule has 0 unspecified atom stereocenters. The maximum atomic E-state index is 12.0. The maximum absolute atomic E-state index is 12.0. The summed E-state index contributed by atoms with van der Waals surface area (Å²) in [7, 11) is 0. The van der Waals surface area contributed by atoms with Crippen LogP contribution in [0.2, 0.25) is 0 Å². The number of carbonyl (C=O) groups is 1. The van der Waals surface area contributed by atoms with E-state index in [4.69, 9.17) is 18.9 Å². The summed E-state index contributed by atoms with van der Waals surface area (Å²) in [5, 5.41) is 0. The summed E-state index contributed by atoms with van der Waals surface area (Å²) in [6.45, 7) is 4.94. The van der Waals surface area contributed by atoms with Gasteiger partial charge in [-0.05, 0) is 25.5 Å². The van der Waals surface area contributed by atoms with Crippen molar-refractivity contribution in [3.63, 3.8) is 0 Å². The van der Waals surface area contributed by atoms with Crippen LogP contribution >= 0.6 is 0 Å². The molecule has 1 fully saturated rings. The van der Waals surface area contributed by atoms with Crippen LogP contribution in [-0.4, -0.2) is 50.1 Å². The lowest BCUT2D eigenvalue weighted by Gasteiger charge is -2.30. The molecule has 2 rings (SSSR count). The second-order valence-corrected chi connectivity index (χ2v) is 5.68. The minimum Gasteiger partial charge on any atom is -0.485 e. The highest BCUT2D eigenvalue weighted by molar-refractivity contribution is 5.74. The molecule has 4 atom stereocenters. The van der Waals surface area contributed by atoms with Crippen molar-refractivity contribution >= 4 is 5.97 Å². The fourth-order valence-corrected chi connectivity index (χ4v) is 2.41. The molecular formula is C17H26NO5+. The number of hydrogen-bond acceptors (Lipinski definition) is 5. The molecule has 0 bridgehead atoms. The van der Waals surface area contributed by atoms with Gasteiger partial charge in [-0.15, -0.1) is 0 Å². The molecule has 1 aliphatic heterocycles. The predicted octanol–water partition coefficient (Wildman–Crippen LogP) is 0.802. The van der Waals surface area contributed by atoms with Gasteiger partial charge in [0.15, 0.2) is 6.10 Å². The van der Waals surface area contributed by atoms with E-state index in [2.05, 4.69) is 5.73 Å². The number of para-hydroxylation sites is 1. The van der Waals surface area contributed by atoms with E-state index in [9.17, 15) is 4.79 Å². The molecule has 0 spiro atoms. The van der Waals surface area contributed by atoms with Gasteiger partial charge in [0, 0.05) is 6.61 Å². The smallest absolute Gasteiger partial charge is 0.367 e. The summed E-state index contributed by atoms with van der Waals surface area (Å²) in [6.07, 6.45) is -0.330. The van der Waals surface area contributed by atoms with Crippen molar-refractivity contribution in [1.82, 2.24) is 0 Å². The van der Waals surface area contributed by atoms with Crippen molar-refractivity contribution in [2.75, 3.05) is 19.8 Å². The van der Waals surface area contributed by atoms with Gasteiger partial charge in [-0.25, -0.2) is 4.79 Å². The Morgan fingerprint density at radius 3 is 2.70 bits per heavy atom. The number of hydrogen-bond donors (Lipinski definition) is 1. The highest BCUT2D eigenvalue weighted by atomic mass is 16.6. The highest BCUT2D eigenvalue weighted by Gasteiger charge is 2.36. The molecule has 6 nitrogen and oxygen atoms in total. The van der Waals surface area contributed by atoms with Crippen molar-refractivity contribution in [1.29, 1.82) is 0 Å². The van der Waals surface area contributed by atoms with E-state index < -0.39 is 18.2 Å². The zero-order valence-electron chi connectivity index (χ0n) is 13.8. The van der Waals surface area contributed by atoms with Crippen LogP contribution in [0.1, 0.15) is 20.3 Å². The van der Waals surface area contributed by atoms with Crippen molar-refractivity contribution in [2.45, 2.75) is 44.6 Å². The highest BCUT2D eigenvalue weighted by Crippen LogP contribution is 2.19. The van der Waals surface area contributed by atoms with Gasteiger partial charge in [0.25, 0.3) is 0 Å². The SMILES string of the molecule is CCCO[C@H]1[C@H](C)OC(=O)[C@@H]([NH3+])COC[C@@H]1Oc1ccccc1. The molecule has 128 valence electrons. The van der Waals surface area contributed by atoms with Crippen LogP contribution in [0.25, 0.3) is 0 Å². The minimum absolute atomic E-state index is 0.209. The zero-order valence-corrected chi connectivity index (χ0v) is 13.8. The average molecular weight is 324 g/mol.